The first kappa shape index (κ1) is 21.3. The molecule has 2 aliphatic rings. The quantitative estimate of drug-likeness (QED) is 0.343. The standard InChI is InChI=1S/C28H26N2O3S/c1-2-18-9-7-15-24-26(18)29-28(34-24)30(17-19-10-8-16-32-19)27(31)25-20-11-3-5-13-22(20)33-23-14-6-4-12-21(23)25/h3-7,9,11-15,19,25H,2,8,10,16-17H2,1H3. The molecule has 1 saturated heterocycles. The highest BCUT2D eigenvalue weighted by atomic mass is 32.1. The van der Waals surface area contributed by atoms with Crippen molar-refractivity contribution in [3.63, 3.8) is 0 Å². The van der Waals surface area contributed by atoms with Gasteiger partial charge in [-0.25, -0.2) is 4.98 Å². The fourth-order valence-electron chi connectivity index (χ4n) is 4.98. The SMILES string of the molecule is CCc1cccc2sc(N(CC3CCCO3)C(=O)C3c4ccccc4Oc4ccccc43)nc12. The molecule has 3 aromatic carbocycles. The summed E-state index contributed by atoms with van der Waals surface area (Å²) in [6.07, 6.45) is 2.90. The zero-order valence-corrected chi connectivity index (χ0v) is 19.9. The van der Waals surface area contributed by atoms with E-state index in [1.165, 1.54) is 5.56 Å². The largest absolute Gasteiger partial charge is 0.457 e. The minimum absolute atomic E-state index is 0.0100. The Morgan fingerprint density at radius 2 is 1.76 bits per heavy atom. The van der Waals surface area contributed by atoms with Crippen molar-refractivity contribution in [3.05, 3.63) is 83.4 Å². The lowest BCUT2D eigenvalue weighted by Crippen LogP contribution is -2.41. The number of thiazole rings is 1. The van der Waals surface area contributed by atoms with Crippen molar-refractivity contribution >= 4 is 32.6 Å². The first-order chi connectivity index (χ1) is 16.7. The number of nitrogens with zero attached hydrogens (tertiary/aromatic N) is 2. The van der Waals surface area contributed by atoms with Crippen molar-refractivity contribution in [2.75, 3.05) is 18.1 Å². The van der Waals surface area contributed by atoms with Crippen LogP contribution in [0.15, 0.2) is 66.7 Å². The fraction of sp³-hybridized carbons (Fsp3) is 0.286. The number of hydrogen-bond donors (Lipinski definition) is 0. The van der Waals surface area contributed by atoms with E-state index in [-0.39, 0.29) is 12.0 Å². The first-order valence-electron chi connectivity index (χ1n) is 11.9. The van der Waals surface area contributed by atoms with Gasteiger partial charge in [-0.1, -0.05) is 66.8 Å². The molecule has 0 radical (unpaired) electrons. The Hall–Kier alpha value is -3.22. The van der Waals surface area contributed by atoms with Gasteiger partial charge in [0.05, 0.1) is 28.8 Å². The van der Waals surface area contributed by atoms with E-state index in [0.717, 1.165) is 63.8 Å². The summed E-state index contributed by atoms with van der Waals surface area (Å²) >= 11 is 1.58. The van der Waals surface area contributed by atoms with Gasteiger partial charge in [-0.05, 0) is 43.0 Å². The molecule has 34 heavy (non-hydrogen) atoms. The van der Waals surface area contributed by atoms with E-state index < -0.39 is 5.92 Å². The van der Waals surface area contributed by atoms with E-state index in [0.29, 0.717) is 6.54 Å². The molecule has 1 unspecified atom stereocenters. The Balaban J connectivity index is 1.47. The van der Waals surface area contributed by atoms with Crippen LogP contribution in [0.1, 0.15) is 42.4 Å². The molecule has 172 valence electrons. The summed E-state index contributed by atoms with van der Waals surface area (Å²) in [5, 5.41) is 0.734. The predicted molar refractivity (Wildman–Crippen MR) is 135 cm³/mol. The topological polar surface area (TPSA) is 51.7 Å². The lowest BCUT2D eigenvalue weighted by Gasteiger charge is -2.32. The van der Waals surface area contributed by atoms with E-state index in [2.05, 4.69) is 25.1 Å². The van der Waals surface area contributed by atoms with Gasteiger partial charge in [0.1, 0.15) is 11.5 Å². The zero-order valence-electron chi connectivity index (χ0n) is 19.1. The summed E-state index contributed by atoms with van der Waals surface area (Å²) in [7, 11) is 0. The number of aromatic nitrogens is 1. The number of para-hydroxylation sites is 3. The normalized spacial score (nSPS) is 17.3. The van der Waals surface area contributed by atoms with Crippen molar-refractivity contribution in [1.82, 2.24) is 4.98 Å². The minimum atomic E-state index is -0.458. The number of carbonyl (C=O) groups is 1. The van der Waals surface area contributed by atoms with Crippen molar-refractivity contribution < 1.29 is 14.3 Å². The van der Waals surface area contributed by atoms with Crippen LogP contribution in [0, 0.1) is 0 Å². The summed E-state index contributed by atoms with van der Waals surface area (Å²) in [5.41, 5.74) is 3.96. The lowest BCUT2D eigenvalue weighted by molar-refractivity contribution is -0.119. The Bertz CT molecular complexity index is 1310. The number of amides is 1. The summed E-state index contributed by atoms with van der Waals surface area (Å²) in [4.78, 5) is 21.3. The molecule has 3 heterocycles. The van der Waals surface area contributed by atoms with Crippen LogP contribution in [0.25, 0.3) is 10.2 Å². The van der Waals surface area contributed by atoms with Crippen LogP contribution < -0.4 is 9.64 Å². The zero-order chi connectivity index (χ0) is 23.1. The Morgan fingerprint density at radius 3 is 2.44 bits per heavy atom. The Morgan fingerprint density at radius 1 is 1.03 bits per heavy atom. The second kappa shape index (κ2) is 8.85. The van der Waals surface area contributed by atoms with Gasteiger partial charge in [-0.15, -0.1) is 0 Å². The van der Waals surface area contributed by atoms with Crippen molar-refractivity contribution in [3.8, 4) is 11.5 Å². The highest BCUT2D eigenvalue weighted by Gasteiger charge is 2.37. The third kappa shape index (κ3) is 3.67. The van der Waals surface area contributed by atoms with E-state index in [1.54, 1.807) is 11.3 Å². The second-order valence-corrected chi connectivity index (χ2v) is 9.82. The molecule has 1 aromatic heterocycles. The monoisotopic (exact) mass is 470 g/mol. The molecule has 0 aliphatic carbocycles. The molecular weight excluding hydrogens is 444 g/mol. The van der Waals surface area contributed by atoms with Crippen molar-refractivity contribution in [2.24, 2.45) is 0 Å². The van der Waals surface area contributed by atoms with E-state index in [9.17, 15) is 4.79 Å². The van der Waals surface area contributed by atoms with Crippen LogP contribution in [-0.4, -0.2) is 30.1 Å². The van der Waals surface area contributed by atoms with Gasteiger partial charge in [-0.2, -0.15) is 0 Å². The highest BCUT2D eigenvalue weighted by molar-refractivity contribution is 7.22. The van der Waals surface area contributed by atoms with Crippen molar-refractivity contribution in [1.29, 1.82) is 0 Å². The molecule has 5 nitrogen and oxygen atoms in total. The Kier molecular flexibility index (Phi) is 5.55. The third-order valence-corrected chi connectivity index (χ3v) is 7.75. The second-order valence-electron chi connectivity index (χ2n) is 8.81. The summed E-state index contributed by atoms with van der Waals surface area (Å²) in [5.74, 6) is 1.01. The molecule has 1 amide bonds. The van der Waals surface area contributed by atoms with Crippen LogP contribution in [0.2, 0.25) is 0 Å². The molecule has 2 aliphatic heterocycles. The molecular formula is C28H26N2O3S. The van der Waals surface area contributed by atoms with Crippen LogP contribution in [-0.2, 0) is 16.0 Å². The number of ether oxygens (including phenoxy) is 2. The van der Waals surface area contributed by atoms with Crippen LogP contribution in [0.3, 0.4) is 0 Å². The smallest absolute Gasteiger partial charge is 0.241 e. The number of benzene rings is 3. The summed E-state index contributed by atoms with van der Waals surface area (Å²) in [6, 6.07) is 21.9. The van der Waals surface area contributed by atoms with E-state index >= 15 is 0 Å². The van der Waals surface area contributed by atoms with Crippen LogP contribution in [0.5, 0.6) is 11.5 Å². The molecule has 0 N–H and O–H groups in total. The van der Waals surface area contributed by atoms with Gasteiger partial charge in [-0.3, -0.25) is 9.69 Å². The number of rotatable bonds is 5. The molecule has 4 aromatic rings. The van der Waals surface area contributed by atoms with Gasteiger partial charge in [0.25, 0.3) is 0 Å². The molecule has 0 bridgehead atoms. The Labute approximate surface area is 203 Å². The summed E-state index contributed by atoms with van der Waals surface area (Å²) < 4.78 is 13.2. The maximum Gasteiger partial charge on any atom is 0.241 e. The maximum atomic E-state index is 14.4. The lowest BCUT2D eigenvalue weighted by atomic mass is 9.87. The van der Waals surface area contributed by atoms with Crippen LogP contribution in [0.4, 0.5) is 5.13 Å². The third-order valence-electron chi connectivity index (χ3n) is 6.71. The number of fused-ring (bicyclic) bond motifs is 3. The minimum Gasteiger partial charge on any atom is -0.457 e. The molecule has 0 saturated carbocycles. The number of aryl methyl sites for hydroxylation is 1. The van der Waals surface area contributed by atoms with Gasteiger partial charge < -0.3 is 9.47 Å². The van der Waals surface area contributed by atoms with Gasteiger partial charge >= 0.3 is 0 Å². The van der Waals surface area contributed by atoms with Crippen molar-refractivity contribution in [2.45, 2.75) is 38.2 Å². The number of anilines is 1. The van der Waals surface area contributed by atoms with E-state index in [1.807, 2.05) is 53.4 Å². The maximum absolute atomic E-state index is 14.4. The summed E-state index contributed by atoms with van der Waals surface area (Å²) in [6.45, 7) is 3.39. The average Bonchev–Trinajstić information content (AvgIpc) is 3.55. The van der Waals surface area contributed by atoms with Gasteiger partial charge in [0.2, 0.25) is 5.91 Å². The number of hydrogen-bond acceptors (Lipinski definition) is 5. The molecule has 0 spiro atoms. The van der Waals surface area contributed by atoms with Gasteiger partial charge in [0, 0.05) is 17.7 Å². The fourth-order valence-corrected chi connectivity index (χ4v) is 6.01. The molecule has 6 heteroatoms. The van der Waals surface area contributed by atoms with E-state index in [4.69, 9.17) is 14.5 Å². The highest BCUT2D eigenvalue weighted by Crippen LogP contribution is 2.45. The molecule has 1 fully saturated rings. The molecule has 1 atom stereocenters. The van der Waals surface area contributed by atoms with Gasteiger partial charge in [0.15, 0.2) is 5.13 Å². The number of carbonyl (C=O) groups excluding carboxylic acids is 1. The average molecular weight is 471 g/mol. The molecule has 6 rings (SSSR count). The predicted octanol–water partition coefficient (Wildman–Crippen LogP) is 6.31. The van der Waals surface area contributed by atoms with Crippen LogP contribution >= 0.6 is 11.3 Å². The first-order valence-corrected chi connectivity index (χ1v) is 12.7.